The standard InChI is InChI=1S/C24H26N2O6S/c1-16-14-20(17(2)25(16)3)22(27)15-32-24(28)18-10-12-19(13-11-18)33(29,30)26(4)21-8-6-7-9-23(21)31-5/h6-14H,15H2,1-5H3. The van der Waals surface area contributed by atoms with E-state index in [9.17, 15) is 18.0 Å². The van der Waals surface area contributed by atoms with Crippen molar-refractivity contribution in [2.24, 2.45) is 7.05 Å². The molecule has 0 N–H and O–H groups in total. The molecule has 0 atom stereocenters. The van der Waals surface area contributed by atoms with Crippen molar-refractivity contribution < 1.29 is 27.5 Å². The van der Waals surface area contributed by atoms with Crippen LogP contribution < -0.4 is 9.04 Å². The van der Waals surface area contributed by atoms with Gasteiger partial charge in [-0.2, -0.15) is 0 Å². The van der Waals surface area contributed by atoms with Crippen molar-refractivity contribution in [3.8, 4) is 5.75 Å². The average Bonchev–Trinajstić information content (AvgIpc) is 3.09. The lowest BCUT2D eigenvalue weighted by molar-refractivity contribution is 0.0474. The molecule has 0 amide bonds. The molecule has 0 unspecified atom stereocenters. The number of ether oxygens (including phenoxy) is 2. The van der Waals surface area contributed by atoms with Gasteiger partial charge in [0, 0.05) is 31.0 Å². The minimum absolute atomic E-state index is 0.00100. The third kappa shape index (κ3) is 4.78. The van der Waals surface area contributed by atoms with Crippen LogP contribution in [0.5, 0.6) is 5.75 Å². The summed E-state index contributed by atoms with van der Waals surface area (Å²) < 4.78 is 39.4. The van der Waals surface area contributed by atoms with E-state index in [0.717, 1.165) is 15.7 Å². The minimum atomic E-state index is -3.89. The zero-order chi connectivity index (χ0) is 24.3. The van der Waals surface area contributed by atoms with Crippen molar-refractivity contribution in [3.63, 3.8) is 0 Å². The summed E-state index contributed by atoms with van der Waals surface area (Å²) in [6.07, 6.45) is 0. The Bertz CT molecular complexity index is 1290. The van der Waals surface area contributed by atoms with Gasteiger partial charge in [0.15, 0.2) is 6.61 Å². The van der Waals surface area contributed by atoms with Crippen LogP contribution in [0, 0.1) is 13.8 Å². The average molecular weight is 471 g/mol. The maximum Gasteiger partial charge on any atom is 0.338 e. The molecule has 0 aliphatic rings. The van der Waals surface area contributed by atoms with E-state index >= 15 is 0 Å². The number of methoxy groups -OCH3 is 1. The van der Waals surface area contributed by atoms with Gasteiger partial charge in [0.2, 0.25) is 5.78 Å². The summed E-state index contributed by atoms with van der Waals surface area (Å²) in [5.41, 5.74) is 2.75. The van der Waals surface area contributed by atoms with Gasteiger partial charge in [0.05, 0.1) is 23.3 Å². The number of rotatable bonds is 8. The zero-order valence-electron chi connectivity index (χ0n) is 19.2. The van der Waals surface area contributed by atoms with Gasteiger partial charge in [-0.15, -0.1) is 0 Å². The van der Waals surface area contributed by atoms with Gasteiger partial charge in [0.25, 0.3) is 10.0 Å². The van der Waals surface area contributed by atoms with Crippen molar-refractivity contribution in [2.75, 3.05) is 25.1 Å². The SMILES string of the molecule is COc1ccccc1N(C)S(=O)(=O)c1ccc(C(=O)OCC(=O)c2cc(C)n(C)c2C)cc1. The van der Waals surface area contributed by atoms with Crippen LogP contribution in [0.1, 0.15) is 32.1 Å². The normalized spacial score (nSPS) is 11.2. The Morgan fingerprint density at radius 2 is 1.67 bits per heavy atom. The highest BCUT2D eigenvalue weighted by Gasteiger charge is 2.24. The van der Waals surface area contributed by atoms with Crippen molar-refractivity contribution >= 4 is 27.5 Å². The van der Waals surface area contributed by atoms with Gasteiger partial charge in [-0.25, -0.2) is 13.2 Å². The van der Waals surface area contributed by atoms with Crippen LogP contribution in [0.15, 0.2) is 59.5 Å². The molecule has 174 valence electrons. The summed E-state index contributed by atoms with van der Waals surface area (Å²) >= 11 is 0. The predicted octanol–water partition coefficient (Wildman–Crippen LogP) is 3.52. The topological polar surface area (TPSA) is 94.9 Å². The lowest BCUT2D eigenvalue weighted by atomic mass is 10.1. The van der Waals surface area contributed by atoms with Crippen molar-refractivity contribution in [1.29, 1.82) is 0 Å². The monoisotopic (exact) mass is 470 g/mol. The van der Waals surface area contributed by atoms with E-state index in [1.165, 1.54) is 38.4 Å². The van der Waals surface area contributed by atoms with Crippen LogP contribution in [0.4, 0.5) is 5.69 Å². The number of aryl methyl sites for hydroxylation is 1. The molecule has 33 heavy (non-hydrogen) atoms. The molecule has 9 heteroatoms. The number of esters is 1. The molecule has 3 rings (SSSR count). The van der Waals surface area contributed by atoms with Gasteiger partial charge >= 0.3 is 5.97 Å². The summed E-state index contributed by atoms with van der Waals surface area (Å²) in [6, 6.07) is 13.9. The maximum absolute atomic E-state index is 13.0. The second-order valence-electron chi connectivity index (χ2n) is 7.51. The molecule has 0 fully saturated rings. The fraction of sp³-hybridized carbons (Fsp3) is 0.250. The molecule has 0 saturated heterocycles. The van der Waals surface area contributed by atoms with Crippen LogP contribution in [-0.4, -0.2) is 45.5 Å². The Labute approximate surface area is 193 Å². The van der Waals surface area contributed by atoms with Crippen molar-refractivity contribution in [3.05, 3.63) is 77.1 Å². The van der Waals surface area contributed by atoms with Crippen molar-refractivity contribution in [2.45, 2.75) is 18.7 Å². The van der Waals surface area contributed by atoms with Gasteiger partial charge in [-0.1, -0.05) is 12.1 Å². The summed E-state index contributed by atoms with van der Waals surface area (Å²) in [5.74, 6) is -0.602. The number of benzene rings is 2. The molecule has 1 aromatic heterocycles. The van der Waals surface area contributed by atoms with Crippen LogP contribution >= 0.6 is 0 Å². The first-order valence-electron chi connectivity index (χ1n) is 10.1. The quantitative estimate of drug-likeness (QED) is 0.369. The smallest absolute Gasteiger partial charge is 0.338 e. The van der Waals surface area contributed by atoms with Gasteiger partial charge < -0.3 is 14.0 Å². The molecule has 0 saturated carbocycles. The third-order valence-corrected chi connectivity index (χ3v) is 7.37. The number of Topliss-reactive ketones (excluding diaryl/α,β-unsaturated/α-hetero) is 1. The minimum Gasteiger partial charge on any atom is -0.495 e. The number of carbonyl (C=O) groups is 2. The Kier molecular flexibility index (Phi) is 6.92. The summed E-state index contributed by atoms with van der Waals surface area (Å²) in [4.78, 5) is 24.8. The molecule has 8 nitrogen and oxygen atoms in total. The predicted molar refractivity (Wildman–Crippen MR) is 125 cm³/mol. The van der Waals surface area contributed by atoms with E-state index in [2.05, 4.69) is 0 Å². The fourth-order valence-corrected chi connectivity index (χ4v) is 4.58. The fourth-order valence-electron chi connectivity index (χ4n) is 3.37. The molecule has 3 aromatic rings. The number of sulfonamides is 1. The Hall–Kier alpha value is -3.59. The number of hydrogen-bond donors (Lipinski definition) is 0. The number of hydrogen-bond acceptors (Lipinski definition) is 6. The molecule has 2 aromatic carbocycles. The largest absolute Gasteiger partial charge is 0.495 e. The first kappa shape index (κ1) is 24.1. The van der Waals surface area contributed by atoms with Crippen LogP contribution in [0.2, 0.25) is 0 Å². The highest BCUT2D eigenvalue weighted by molar-refractivity contribution is 7.92. The number of ketones is 1. The Morgan fingerprint density at radius 1 is 1.03 bits per heavy atom. The number of para-hydroxylation sites is 2. The van der Waals surface area contributed by atoms with Gasteiger partial charge in [-0.05, 0) is 56.3 Å². The van der Waals surface area contributed by atoms with Crippen LogP contribution in [-0.2, 0) is 21.8 Å². The van der Waals surface area contributed by atoms with E-state index in [0.29, 0.717) is 17.0 Å². The second-order valence-corrected chi connectivity index (χ2v) is 9.48. The second kappa shape index (κ2) is 9.50. The van der Waals surface area contributed by atoms with Gasteiger partial charge in [0.1, 0.15) is 5.75 Å². The van der Waals surface area contributed by atoms with E-state index in [1.54, 1.807) is 30.3 Å². The summed E-state index contributed by atoms with van der Waals surface area (Å²) in [5, 5.41) is 0. The van der Waals surface area contributed by atoms with Gasteiger partial charge in [-0.3, -0.25) is 9.10 Å². The van der Waals surface area contributed by atoms with E-state index in [4.69, 9.17) is 9.47 Å². The molecule has 1 heterocycles. The third-order valence-electron chi connectivity index (χ3n) is 5.58. The van der Waals surface area contributed by atoms with E-state index in [-0.39, 0.29) is 16.2 Å². The maximum atomic E-state index is 13.0. The van der Waals surface area contributed by atoms with Crippen molar-refractivity contribution in [1.82, 2.24) is 4.57 Å². The number of anilines is 1. The number of carbonyl (C=O) groups excluding carboxylic acids is 2. The zero-order valence-corrected chi connectivity index (χ0v) is 20.0. The van der Waals surface area contributed by atoms with E-state index < -0.39 is 22.6 Å². The molecule has 0 aliphatic heterocycles. The highest BCUT2D eigenvalue weighted by Crippen LogP contribution is 2.30. The lowest BCUT2D eigenvalue weighted by Gasteiger charge is -2.21. The molecule has 0 aliphatic carbocycles. The van der Waals surface area contributed by atoms with Crippen LogP contribution in [0.3, 0.4) is 0 Å². The molecular weight excluding hydrogens is 444 g/mol. The van der Waals surface area contributed by atoms with E-state index in [1.807, 2.05) is 25.5 Å². The molecule has 0 spiro atoms. The van der Waals surface area contributed by atoms with Crippen LogP contribution in [0.25, 0.3) is 0 Å². The Balaban J connectivity index is 1.71. The lowest BCUT2D eigenvalue weighted by Crippen LogP contribution is -2.27. The number of nitrogens with zero attached hydrogens (tertiary/aromatic N) is 2. The molecule has 0 bridgehead atoms. The first-order valence-corrected chi connectivity index (χ1v) is 11.6. The molecular formula is C24H26N2O6S. The number of aromatic nitrogens is 1. The summed E-state index contributed by atoms with van der Waals surface area (Å²) in [6.45, 7) is 3.31. The highest BCUT2D eigenvalue weighted by atomic mass is 32.2. The summed E-state index contributed by atoms with van der Waals surface area (Å²) in [7, 11) is 0.853. The Morgan fingerprint density at radius 3 is 2.24 bits per heavy atom. The molecule has 0 radical (unpaired) electrons. The first-order chi connectivity index (χ1) is 15.6.